The van der Waals surface area contributed by atoms with Crippen LogP contribution in [-0.4, -0.2) is 49.0 Å². The van der Waals surface area contributed by atoms with Crippen LogP contribution in [0.25, 0.3) is 0 Å². The quantitative estimate of drug-likeness (QED) is 0.828. The molecular formula is C16H20ClN3O3S. The molecule has 24 heavy (non-hydrogen) atoms. The molecule has 1 aromatic carbocycles. The molecule has 0 bridgehead atoms. The molecule has 1 aromatic heterocycles. The van der Waals surface area contributed by atoms with Crippen LogP contribution >= 0.6 is 11.6 Å². The van der Waals surface area contributed by atoms with E-state index >= 15 is 0 Å². The highest BCUT2D eigenvalue weighted by atomic mass is 35.5. The minimum Gasteiger partial charge on any atom is -0.361 e. The Morgan fingerprint density at radius 3 is 2.75 bits per heavy atom. The average molecular weight is 370 g/mol. The molecule has 0 spiro atoms. The molecule has 0 saturated carbocycles. The lowest BCUT2D eigenvalue weighted by Gasteiger charge is -2.21. The van der Waals surface area contributed by atoms with Crippen LogP contribution in [0.15, 0.2) is 39.8 Å². The first kappa shape index (κ1) is 17.4. The van der Waals surface area contributed by atoms with Crippen molar-refractivity contribution in [3.05, 3.63) is 46.8 Å². The predicted octanol–water partition coefficient (Wildman–Crippen LogP) is 2.53. The lowest BCUT2D eigenvalue weighted by atomic mass is 10.3. The molecule has 6 nitrogen and oxygen atoms in total. The molecule has 3 rings (SSSR count). The van der Waals surface area contributed by atoms with Gasteiger partial charge in [-0.3, -0.25) is 4.90 Å². The minimum absolute atomic E-state index is 0.246. The molecule has 130 valence electrons. The number of aromatic nitrogens is 1. The topological polar surface area (TPSA) is 66.7 Å². The largest absolute Gasteiger partial charge is 0.361 e. The molecule has 0 amide bonds. The first-order valence-corrected chi connectivity index (χ1v) is 9.67. The number of hydrogen-bond donors (Lipinski definition) is 0. The zero-order valence-electron chi connectivity index (χ0n) is 13.5. The van der Waals surface area contributed by atoms with E-state index in [1.54, 1.807) is 18.2 Å². The molecule has 0 radical (unpaired) electrons. The number of nitrogens with zero attached hydrogens (tertiary/aromatic N) is 3. The first-order chi connectivity index (χ1) is 11.4. The summed E-state index contributed by atoms with van der Waals surface area (Å²) in [6.45, 7) is 4.97. The number of benzene rings is 1. The van der Waals surface area contributed by atoms with Gasteiger partial charge in [0, 0.05) is 37.3 Å². The van der Waals surface area contributed by atoms with Crippen LogP contribution in [0.3, 0.4) is 0 Å². The summed E-state index contributed by atoms with van der Waals surface area (Å²) in [4.78, 5) is 2.45. The van der Waals surface area contributed by atoms with Crippen molar-refractivity contribution in [2.45, 2.75) is 24.8 Å². The van der Waals surface area contributed by atoms with E-state index in [1.165, 1.54) is 10.4 Å². The van der Waals surface area contributed by atoms with Crippen LogP contribution in [0.2, 0.25) is 5.02 Å². The van der Waals surface area contributed by atoms with Crippen molar-refractivity contribution < 1.29 is 12.9 Å². The highest BCUT2D eigenvalue weighted by Crippen LogP contribution is 2.21. The Morgan fingerprint density at radius 2 is 2.04 bits per heavy atom. The van der Waals surface area contributed by atoms with Crippen LogP contribution < -0.4 is 0 Å². The summed E-state index contributed by atoms with van der Waals surface area (Å²) in [5, 5.41) is 4.43. The van der Waals surface area contributed by atoms with Gasteiger partial charge in [0.2, 0.25) is 10.0 Å². The molecule has 2 heterocycles. The SMILES string of the molecule is Cc1cc(CN2CCCN(S(=O)(=O)c3cccc(Cl)c3)CC2)no1. The summed E-state index contributed by atoms with van der Waals surface area (Å²) in [6.07, 6.45) is 0.774. The van der Waals surface area contributed by atoms with Crippen molar-refractivity contribution >= 4 is 21.6 Å². The molecule has 1 aliphatic heterocycles. The van der Waals surface area contributed by atoms with Crippen LogP contribution in [0.1, 0.15) is 17.9 Å². The van der Waals surface area contributed by atoms with E-state index in [0.29, 0.717) is 31.2 Å². The van der Waals surface area contributed by atoms with E-state index in [-0.39, 0.29) is 4.90 Å². The molecular weight excluding hydrogens is 350 g/mol. The summed E-state index contributed by atoms with van der Waals surface area (Å²) in [6, 6.07) is 8.32. The van der Waals surface area contributed by atoms with E-state index in [2.05, 4.69) is 10.1 Å². The van der Waals surface area contributed by atoms with Gasteiger partial charge < -0.3 is 4.52 Å². The first-order valence-electron chi connectivity index (χ1n) is 7.85. The Kier molecular flexibility index (Phi) is 5.24. The van der Waals surface area contributed by atoms with Crippen molar-refractivity contribution in [3.8, 4) is 0 Å². The molecule has 2 aromatic rings. The molecule has 1 aliphatic rings. The number of halogens is 1. The monoisotopic (exact) mass is 369 g/mol. The molecule has 0 N–H and O–H groups in total. The van der Waals surface area contributed by atoms with Gasteiger partial charge >= 0.3 is 0 Å². The predicted molar refractivity (Wildman–Crippen MR) is 91.3 cm³/mol. The van der Waals surface area contributed by atoms with Gasteiger partial charge in [-0.05, 0) is 38.1 Å². The highest BCUT2D eigenvalue weighted by molar-refractivity contribution is 7.89. The van der Waals surface area contributed by atoms with Crippen LogP contribution in [0.4, 0.5) is 0 Å². The Balaban J connectivity index is 1.68. The van der Waals surface area contributed by atoms with E-state index < -0.39 is 10.0 Å². The maximum absolute atomic E-state index is 12.8. The van der Waals surface area contributed by atoms with E-state index in [9.17, 15) is 8.42 Å². The number of sulfonamides is 1. The standard InChI is InChI=1S/C16H20ClN3O3S/c1-13-10-15(18-23-13)12-19-6-3-7-20(9-8-19)24(21,22)16-5-2-4-14(17)11-16/h2,4-5,10-11H,3,6-9,12H2,1H3. The fourth-order valence-corrected chi connectivity index (χ4v) is 4.61. The van der Waals surface area contributed by atoms with Crippen molar-refractivity contribution in [1.82, 2.24) is 14.4 Å². The van der Waals surface area contributed by atoms with Crippen molar-refractivity contribution in [3.63, 3.8) is 0 Å². The van der Waals surface area contributed by atoms with Gasteiger partial charge in [-0.2, -0.15) is 4.31 Å². The van der Waals surface area contributed by atoms with Crippen molar-refractivity contribution in [2.24, 2.45) is 0 Å². The maximum Gasteiger partial charge on any atom is 0.243 e. The van der Waals surface area contributed by atoms with E-state index in [4.69, 9.17) is 16.1 Å². The summed E-state index contributed by atoms with van der Waals surface area (Å²) < 4.78 is 32.2. The smallest absolute Gasteiger partial charge is 0.243 e. The fourth-order valence-electron chi connectivity index (χ4n) is 2.84. The fraction of sp³-hybridized carbons (Fsp3) is 0.438. The Labute approximate surface area is 147 Å². The second-order valence-corrected chi connectivity index (χ2v) is 8.29. The van der Waals surface area contributed by atoms with Gasteiger partial charge in [-0.15, -0.1) is 0 Å². The second kappa shape index (κ2) is 7.23. The lowest BCUT2D eigenvalue weighted by Crippen LogP contribution is -2.35. The van der Waals surface area contributed by atoms with Gasteiger partial charge in [0.05, 0.1) is 10.6 Å². The minimum atomic E-state index is -3.51. The Hall–Kier alpha value is -1.41. The number of aryl methyl sites for hydroxylation is 1. The summed E-state index contributed by atoms with van der Waals surface area (Å²) in [5.74, 6) is 0.782. The summed E-state index contributed by atoms with van der Waals surface area (Å²) in [7, 11) is -3.51. The number of rotatable bonds is 4. The van der Waals surface area contributed by atoms with E-state index in [0.717, 1.165) is 24.4 Å². The van der Waals surface area contributed by atoms with Crippen molar-refractivity contribution in [1.29, 1.82) is 0 Å². The van der Waals surface area contributed by atoms with Gasteiger partial charge in [0.1, 0.15) is 5.76 Å². The zero-order valence-corrected chi connectivity index (χ0v) is 15.1. The lowest BCUT2D eigenvalue weighted by molar-refractivity contribution is 0.268. The summed E-state index contributed by atoms with van der Waals surface area (Å²) >= 11 is 5.93. The van der Waals surface area contributed by atoms with Gasteiger partial charge in [-0.25, -0.2) is 8.42 Å². The Bertz CT molecular complexity index is 806. The molecule has 0 unspecified atom stereocenters. The Morgan fingerprint density at radius 1 is 1.21 bits per heavy atom. The summed E-state index contributed by atoms with van der Waals surface area (Å²) in [5.41, 5.74) is 0.874. The third-order valence-electron chi connectivity index (χ3n) is 4.04. The van der Waals surface area contributed by atoms with Crippen LogP contribution in [0.5, 0.6) is 0 Å². The zero-order chi connectivity index (χ0) is 17.2. The van der Waals surface area contributed by atoms with Crippen LogP contribution in [0, 0.1) is 6.92 Å². The van der Waals surface area contributed by atoms with Crippen LogP contribution in [-0.2, 0) is 16.6 Å². The average Bonchev–Trinajstić information content (AvgIpc) is 2.80. The molecule has 0 aliphatic carbocycles. The second-order valence-electron chi connectivity index (χ2n) is 5.92. The molecule has 8 heteroatoms. The molecule has 1 fully saturated rings. The van der Waals surface area contributed by atoms with Gasteiger partial charge in [0.15, 0.2) is 0 Å². The van der Waals surface area contributed by atoms with Gasteiger partial charge in [-0.1, -0.05) is 22.8 Å². The normalized spacial score (nSPS) is 17.8. The molecule has 0 atom stereocenters. The third-order valence-corrected chi connectivity index (χ3v) is 6.17. The number of hydrogen-bond acceptors (Lipinski definition) is 5. The van der Waals surface area contributed by atoms with Crippen molar-refractivity contribution in [2.75, 3.05) is 26.2 Å². The highest BCUT2D eigenvalue weighted by Gasteiger charge is 2.27. The maximum atomic E-state index is 12.8. The third kappa shape index (κ3) is 3.97. The van der Waals surface area contributed by atoms with E-state index in [1.807, 2.05) is 13.0 Å². The molecule has 1 saturated heterocycles. The van der Waals surface area contributed by atoms with Gasteiger partial charge in [0.25, 0.3) is 0 Å².